The molecule has 7 aromatic carbocycles. The van der Waals surface area contributed by atoms with Gasteiger partial charge in [0.25, 0.3) is 0 Å². The molecule has 0 N–H and O–H groups in total. The molecule has 0 atom stereocenters. The third-order valence-corrected chi connectivity index (χ3v) is 11.7. The third-order valence-electron chi connectivity index (χ3n) is 10.5. The largest absolute Gasteiger partial charge is 0.455 e. The summed E-state index contributed by atoms with van der Waals surface area (Å²) in [5.41, 5.74) is 9.72. The smallest absolute Gasteiger partial charge is 0.167 e. The van der Waals surface area contributed by atoms with Gasteiger partial charge < -0.3 is 4.42 Å². The van der Waals surface area contributed by atoms with E-state index in [1.807, 2.05) is 72.8 Å². The van der Waals surface area contributed by atoms with Crippen molar-refractivity contribution in [2.75, 3.05) is 0 Å². The van der Waals surface area contributed by atoms with E-state index in [1.165, 1.54) is 12.1 Å². The van der Waals surface area contributed by atoms with Crippen LogP contribution in [0.4, 0.5) is 4.39 Å². The highest BCUT2D eigenvalue weighted by atomic mass is 32.1. The monoisotopic (exact) mass is 752 g/mol. The van der Waals surface area contributed by atoms with Gasteiger partial charge >= 0.3 is 0 Å². The number of furan rings is 1. The summed E-state index contributed by atoms with van der Waals surface area (Å²) in [4.78, 5) is 20.0. The molecule has 0 spiro atoms. The van der Waals surface area contributed by atoms with Crippen molar-refractivity contribution in [3.63, 3.8) is 0 Å². The fourth-order valence-corrected chi connectivity index (χ4v) is 9.09. The number of halogens is 1. The van der Waals surface area contributed by atoms with E-state index in [0.29, 0.717) is 17.5 Å². The molecule has 0 aliphatic rings. The Morgan fingerprint density at radius 1 is 0.421 bits per heavy atom. The van der Waals surface area contributed by atoms with Gasteiger partial charge in [0.1, 0.15) is 17.0 Å². The van der Waals surface area contributed by atoms with Crippen LogP contribution < -0.4 is 0 Å². The Bertz CT molecular complexity index is 3320. The standard InChI is InChI=1S/C50H29FN4OS/c51-34-17-7-16-32(28-34)44-37(24-11-27-52-44)41-22-10-21-40-36-26-25-33(29-43(36)57-47(40)41)49-53-48(31-14-5-2-6-15-31)54-50(55-49)42-23-9-20-39-38-19-8-18-35(45(38)56-46(39)42)30-12-3-1-4-13-30/h1-29H. The van der Waals surface area contributed by atoms with Crippen LogP contribution in [0.15, 0.2) is 180 Å². The number of benzene rings is 7. The minimum absolute atomic E-state index is 0.292. The Morgan fingerprint density at radius 3 is 1.81 bits per heavy atom. The molecule has 57 heavy (non-hydrogen) atoms. The normalized spacial score (nSPS) is 11.6. The summed E-state index contributed by atoms with van der Waals surface area (Å²) in [5.74, 6) is 1.39. The van der Waals surface area contributed by atoms with Crippen molar-refractivity contribution in [1.82, 2.24) is 19.9 Å². The number of nitrogens with zero attached hydrogens (tertiary/aromatic N) is 4. The van der Waals surface area contributed by atoms with Crippen LogP contribution in [0.25, 0.3) is 110 Å². The van der Waals surface area contributed by atoms with Crippen LogP contribution in [0.1, 0.15) is 0 Å². The molecular formula is C50H29FN4OS. The van der Waals surface area contributed by atoms with E-state index in [9.17, 15) is 4.39 Å². The number of rotatable bonds is 6. The van der Waals surface area contributed by atoms with Crippen LogP contribution in [0.2, 0.25) is 0 Å². The van der Waals surface area contributed by atoms with Crippen LogP contribution in [0.5, 0.6) is 0 Å². The van der Waals surface area contributed by atoms with E-state index in [0.717, 1.165) is 92.3 Å². The van der Waals surface area contributed by atoms with Crippen LogP contribution in [0.3, 0.4) is 0 Å². The van der Waals surface area contributed by atoms with Gasteiger partial charge in [-0.3, -0.25) is 4.98 Å². The SMILES string of the molecule is Fc1cccc(-c2ncccc2-c2cccc3c2sc2cc(-c4nc(-c5ccccc5)nc(-c5cccc6c5oc5c(-c7ccccc7)cccc56)n4)ccc23)c1. The molecule has 4 aromatic heterocycles. The second-order valence-corrected chi connectivity index (χ2v) is 15.0. The second kappa shape index (κ2) is 13.4. The number of aromatic nitrogens is 4. The molecule has 0 saturated heterocycles. The zero-order valence-electron chi connectivity index (χ0n) is 30.2. The quantitative estimate of drug-likeness (QED) is 0.169. The van der Waals surface area contributed by atoms with E-state index < -0.39 is 0 Å². The summed E-state index contributed by atoms with van der Waals surface area (Å²) in [6.07, 6.45) is 1.75. The first-order chi connectivity index (χ1) is 28.2. The maximum atomic E-state index is 14.3. The minimum Gasteiger partial charge on any atom is -0.455 e. The predicted molar refractivity (Wildman–Crippen MR) is 230 cm³/mol. The first-order valence-electron chi connectivity index (χ1n) is 18.6. The molecular weight excluding hydrogens is 724 g/mol. The van der Waals surface area contributed by atoms with Gasteiger partial charge in [0, 0.05) is 70.5 Å². The molecule has 5 nitrogen and oxygen atoms in total. The van der Waals surface area contributed by atoms with Gasteiger partial charge in [0.15, 0.2) is 17.5 Å². The number of para-hydroxylation sites is 2. The Hall–Kier alpha value is -7.35. The minimum atomic E-state index is -0.292. The molecule has 0 radical (unpaired) electrons. The number of fused-ring (bicyclic) bond motifs is 6. The van der Waals surface area contributed by atoms with Crippen molar-refractivity contribution in [3.05, 3.63) is 182 Å². The number of thiophene rings is 1. The molecule has 0 unspecified atom stereocenters. The van der Waals surface area contributed by atoms with E-state index in [2.05, 4.69) is 78.9 Å². The lowest BCUT2D eigenvalue weighted by Crippen LogP contribution is -2.00. The second-order valence-electron chi connectivity index (χ2n) is 13.9. The van der Waals surface area contributed by atoms with E-state index in [-0.39, 0.29) is 5.82 Å². The summed E-state index contributed by atoms with van der Waals surface area (Å²) >= 11 is 1.72. The van der Waals surface area contributed by atoms with Gasteiger partial charge in [0.05, 0.1) is 11.3 Å². The maximum absolute atomic E-state index is 14.3. The Morgan fingerprint density at radius 2 is 1.04 bits per heavy atom. The Labute approximate surface area is 330 Å². The van der Waals surface area contributed by atoms with Crippen molar-refractivity contribution in [1.29, 1.82) is 0 Å². The van der Waals surface area contributed by atoms with Gasteiger partial charge in [-0.2, -0.15) is 0 Å². The van der Waals surface area contributed by atoms with Crippen molar-refractivity contribution in [2.45, 2.75) is 0 Å². The Kier molecular flexibility index (Phi) is 7.79. The van der Waals surface area contributed by atoms with Crippen LogP contribution in [-0.4, -0.2) is 19.9 Å². The zero-order chi connectivity index (χ0) is 37.9. The van der Waals surface area contributed by atoms with Crippen molar-refractivity contribution in [2.24, 2.45) is 0 Å². The highest BCUT2D eigenvalue weighted by molar-refractivity contribution is 7.26. The lowest BCUT2D eigenvalue weighted by Gasteiger charge is -2.10. The van der Waals surface area contributed by atoms with Gasteiger partial charge in [-0.1, -0.05) is 140 Å². The fraction of sp³-hybridized carbons (Fsp3) is 0. The van der Waals surface area contributed by atoms with Gasteiger partial charge in [-0.05, 0) is 35.9 Å². The molecule has 268 valence electrons. The zero-order valence-corrected chi connectivity index (χ0v) is 31.0. The van der Waals surface area contributed by atoms with E-state index in [4.69, 9.17) is 24.4 Å². The lowest BCUT2D eigenvalue weighted by molar-refractivity contribution is 0.628. The van der Waals surface area contributed by atoms with E-state index in [1.54, 1.807) is 23.6 Å². The number of hydrogen-bond donors (Lipinski definition) is 0. The molecule has 0 aliphatic carbocycles. The molecule has 11 aromatic rings. The summed E-state index contributed by atoms with van der Waals surface area (Å²) in [7, 11) is 0. The number of pyridine rings is 1. The van der Waals surface area contributed by atoms with Gasteiger partial charge in [0.2, 0.25) is 0 Å². The molecule has 11 rings (SSSR count). The van der Waals surface area contributed by atoms with Gasteiger partial charge in [-0.25, -0.2) is 19.3 Å². The average molecular weight is 753 g/mol. The Balaban J connectivity index is 1.08. The lowest BCUT2D eigenvalue weighted by atomic mass is 9.97. The highest BCUT2D eigenvalue weighted by Gasteiger charge is 2.21. The van der Waals surface area contributed by atoms with Crippen LogP contribution in [0, 0.1) is 5.82 Å². The predicted octanol–water partition coefficient (Wildman–Crippen LogP) is 13.7. The maximum Gasteiger partial charge on any atom is 0.167 e. The fourth-order valence-electron chi connectivity index (χ4n) is 7.82. The van der Waals surface area contributed by atoms with Crippen LogP contribution in [-0.2, 0) is 0 Å². The van der Waals surface area contributed by atoms with Crippen LogP contribution >= 0.6 is 11.3 Å². The first kappa shape index (κ1) is 33.0. The topological polar surface area (TPSA) is 64.7 Å². The van der Waals surface area contributed by atoms with Gasteiger partial charge in [-0.15, -0.1) is 11.3 Å². The molecule has 0 fully saturated rings. The first-order valence-corrected chi connectivity index (χ1v) is 19.5. The molecule has 0 aliphatic heterocycles. The summed E-state index contributed by atoms with van der Waals surface area (Å²) < 4.78 is 23.3. The molecule has 0 amide bonds. The molecule has 4 heterocycles. The molecule has 0 saturated carbocycles. The molecule has 7 heteroatoms. The molecule has 0 bridgehead atoms. The van der Waals surface area contributed by atoms with Crippen molar-refractivity contribution < 1.29 is 8.81 Å². The highest BCUT2D eigenvalue weighted by Crippen LogP contribution is 2.44. The van der Waals surface area contributed by atoms with E-state index >= 15 is 0 Å². The summed E-state index contributed by atoms with van der Waals surface area (Å²) in [5, 5.41) is 4.31. The third kappa shape index (κ3) is 5.67. The van der Waals surface area contributed by atoms with Crippen molar-refractivity contribution >= 4 is 53.4 Å². The van der Waals surface area contributed by atoms with Crippen molar-refractivity contribution in [3.8, 4) is 67.7 Å². The average Bonchev–Trinajstić information content (AvgIpc) is 3.85. The summed E-state index contributed by atoms with van der Waals surface area (Å²) in [6, 6.07) is 56.1. The number of hydrogen-bond acceptors (Lipinski definition) is 6. The summed E-state index contributed by atoms with van der Waals surface area (Å²) in [6.45, 7) is 0.